The fourth-order valence-corrected chi connectivity index (χ4v) is 2.25. The summed E-state index contributed by atoms with van der Waals surface area (Å²) in [6.07, 6.45) is 1.77. The number of halogens is 2. The van der Waals surface area contributed by atoms with Crippen molar-refractivity contribution in [1.29, 1.82) is 0 Å². The van der Waals surface area contributed by atoms with Gasteiger partial charge in [-0.2, -0.15) is 0 Å². The summed E-state index contributed by atoms with van der Waals surface area (Å²) in [4.78, 5) is 4.38. The van der Waals surface area contributed by atoms with Crippen molar-refractivity contribution in [2.24, 2.45) is 5.92 Å². The predicted octanol–water partition coefficient (Wildman–Crippen LogP) is 3.64. The van der Waals surface area contributed by atoms with Gasteiger partial charge in [0.15, 0.2) is 0 Å². The maximum Gasteiger partial charge on any atom is 0.147 e. The molecule has 4 nitrogen and oxygen atoms in total. The molecular formula is C13H21Cl2N3O. The number of anilines is 2. The van der Waals surface area contributed by atoms with Gasteiger partial charge < -0.3 is 15.7 Å². The topological polar surface area (TPSA) is 57.2 Å². The Kier molecular flexibility index (Phi) is 7.28. The zero-order chi connectivity index (χ0) is 14.3. The van der Waals surface area contributed by atoms with Crippen LogP contribution < -0.4 is 10.6 Å². The molecule has 1 rings (SSSR count). The molecule has 0 spiro atoms. The number of pyridine rings is 1. The summed E-state index contributed by atoms with van der Waals surface area (Å²) in [7, 11) is 0. The first-order valence-electron chi connectivity index (χ1n) is 6.56. The van der Waals surface area contributed by atoms with E-state index in [9.17, 15) is 0 Å². The van der Waals surface area contributed by atoms with Crippen LogP contribution in [0.25, 0.3) is 0 Å². The summed E-state index contributed by atoms with van der Waals surface area (Å²) in [5.41, 5.74) is 0. The van der Waals surface area contributed by atoms with Crippen LogP contribution in [0.1, 0.15) is 26.7 Å². The average Bonchev–Trinajstić information content (AvgIpc) is 2.39. The van der Waals surface area contributed by atoms with Crippen LogP contribution in [0.2, 0.25) is 10.0 Å². The molecule has 6 heteroatoms. The first-order valence-corrected chi connectivity index (χ1v) is 7.32. The van der Waals surface area contributed by atoms with E-state index in [0.29, 0.717) is 27.6 Å². The van der Waals surface area contributed by atoms with Gasteiger partial charge in [-0.05, 0) is 25.3 Å². The Morgan fingerprint density at radius 2 is 1.84 bits per heavy atom. The van der Waals surface area contributed by atoms with Crippen molar-refractivity contribution >= 4 is 34.8 Å². The number of hydrogen-bond acceptors (Lipinski definition) is 4. The summed E-state index contributed by atoms with van der Waals surface area (Å²) >= 11 is 12.2. The van der Waals surface area contributed by atoms with Crippen molar-refractivity contribution < 1.29 is 5.11 Å². The van der Waals surface area contributed by atoms with E-state index in [4.69, 9.17) is 28.3 Å². The summed E-state index contributed by atoms with van der Waals surface area (Å²) in [6.45, 7) is 5.76. The monoisotopic (exact) mass is 305 g/mol. The summed E-state index contributed by atoms with van der Waals surface area (Å²) in [6, 6.07) is 1.68. The van der Waals surface area contributed by atoms with E-state index in [2.05, 4.69) is 22.5 Å². The molecule has 19 heavy (non-hydrogen) atoms. The van der Waals surface area contributed by atoms with E-state index in [0.717, 1.165) is 25.9 Å². The highest BCUT2D eigenvalue weighted by atomic mass is 35.5. The van der Waals surface area contributed by atoms with E-state index in [1.54, 1.807) is 6.07 Å². The second-order valence-corrected chi connectivity index (χ2v) is 5.16. The Hall–Kier alpha value is -0.710. The molecule has 108 valence electrons. The van der Waals surface area contributed by atoms with Crippen LogP contribution in [-0.2, 0) is 0 Å². The molecule has 0 fully saturated rings. The maximum absolute atomic E-state index is 8.97. The fourth-order valence-electron chi connectivity index (χ4n) is 1.76. The minimum absolute atomic E-state index is 0.199. The third-order valence-corrected chi connectivity index (χ3v) is 3.52. The molecule has 0 saturated heterocycles. The molecule has 1 aromatic rings. The minimum atomic E-state index is 0.199. The number of aromatic nitrogens is 1. The normalized spacial score (nSPS) is 12.3. The first kappa shape index (κ1) is 16.3. The Balaban J connectivity index is 2.74. The third-order valence-electron chi connectivity index (χ3n) is 2.95. The minimum Gasteiger partial charge on any atom is -0.396 e. The second-order valence-electron chi connectivity index (χ2n) is 4.35. The lowest BCUT2D eigenvalue weighted by Gasteiger charge is -2.16. The van der Waals surface area contributed by atoms with Gasteiger partial charge in [0.1, 0.15) is 11.6 Å². The molecule has 1 atom stereocenters. The van der Waals surface area contributed by atoms with Crippen LogP contribution in [0.4, 0.5) is 11.6 Å². The molecule has 0 aromatic carbocycles. The molecule has 0 saturated carbocycles. The van der Waals surface area contributed by atoms with Gasteiger partial charge in [-0.15, -0.1) is 0 Å². The lowest BCUT2D eigenvalue weighted by Crippen LogP contribution is -2.16. The van der Waals surface area contributed by atoms with Gasteiger partial charge in [0.05, 0.1) is 10.0 Å². The predicted molar refractivity (Wildman–Crippen MR) is 82.4 cm³/mol. The van der Waals surface area contributed by atoms with Crippen molar-refractivity contribution in [3.05, 3.63) is 16.1 Å². The molecule has 3 N–H and O–H groups in total. The summed E-state index contributed by atoms with van der Waals surface area (Å²) < 4.78 is 0. The molecule has 0 bridgehead atoms. The Labute approximate surface area is 124 Å². The molecule has 0 aliphatic rings. The van der Waals surface area contributed by atoms with Crippen LogP contribution >= 0.6 is 23.2 Å². The van der Waals surface area contributed by atoms with Gasteiger partial charge in [0.25, 0.3) is 0 Å². The highest BCUT2D eigenvalue weighted by Gasteiger charge is 2.11. The number of rotatable bonds is 8. The first-order chi connectivity index (χ1) is 9.12. The zero-order valence-corrected chi connectivity index (χ0v) is 12.9. The lowest BCUT2D eigenvalue weighted by molar-refractivity contribution is 0.258. The number of nitrogens with one attached hydrogen (secondary N) is 2. The van der Waals surface area contributed by atoms with E-state index < -0.39 is 0 Å². The quantitative estimate of drug-likeness (QED) is 0.686. The lowest BCUT2D eigenvalue weighted by atomic mass is 10.0. The fraction of sp³-hybridized carbons (Fsp3) is 0.615. The van der Waals surface area contributed by atoms with Crippen molar-refractivity contribution in [2.45, 2.75) is 26.7 Å². The second kappa shape index (κ2) is 8.46. The van der Waals surface area contributed by atoms with Crippen LogP contribution in [0, 0.1) is 5.92 Å². The van der Waals surface area contributed by atoms with Crippen molar-refractivity contribution in [1.82, 2.24) is 4.98 Å². The molecule has 0 aliphatic carbocycles. The van der Waals surface area contributed by atoms with Gasteiger partial charge >= 0.3 is 0 Å². The highest BCUT2D eigenvalue weighted by Crippen LogP contribution is 2.29. The number of nitrogens with zero attached hydrogens (tertiary/aromatic N) is 1. The average molecular weight is 306 g/mol. The van der Waals surface area contributed by atoms with Crippen LogP contribution in [0.3, 0.4) is 0 Å². The van der Waals surface area contributed by atoms with E-state index >= 15 is 0 Å². The van der Waals surface area contributed by atoms with Gasteiger partial charge in [-0.25, -0.2) is 4.98 Å². The molecule has 0 radical (unpaired) electrons. The standard InChI is InChI=1S/C13H21Cl2N3O/c1-3-9(5-6-19)8-17-13-11(15)7-10(14)12(18-13)16-4-2/h7,9,19H,3-6,8H2,1-2H3,(H2,16,17,18). The Morgan fingerprint density at radius 1 is 1.21 bits per heavy atom. The van der Waals surface area contributed by atoms with Crippen LogP contribution in [0.15, 0.2) is 6.07 Å². The van der Waals surface area contributed by atoms with Gasteiger partial charge in [0, 0.05) is 19.7 Å². The SMILES string of the molecule is CCNc1nc(NCC(CC)CCO)c(Cl)cc1Cl. The number of hydrogen-bond donors (Lipinski definition) is 3. The molecular weight excluding hydrogens is 285 g/mol. The van der Waals surface area contributed by atoms with Crippen molar-refractivity contribution in [3.8, 4) is 0 Å². The molecule has 1 unspecified atom stereocenters. The van der Waals surface area contributed by atoms with Crippen molar-refractivity contribution in [2.75, 3.05) is 30.3 Å². The summed E-state index contributed by atoms with van der Waals surface area (Å²) in [5, 5.41) is 16.3. The molecule has 0 aliphatic heterocycles. The molecule has 0 amide bonds. The maximum atomic E-state index is 8.97. The number of aliphatic hydroxyl groups excluding tert-OH is 1. The molecule has 1 heterocycles. The van der Waals surface area contributed by atoms with E-state index in [1.165, 1.54) is 0 Å². The molecule has 1 aromatic heterocycles. The van der Waals surface area contributed by atoms with Crippen molar-refractivity contribution in [3.63, 3.8) is 0 Å². The number of aliphatic hydroxyl groups is 1. The van der Waals surface area contributed by atoms with E-state index in [-0.39, 0.29) is 6.61 Å². The van der Waals surface area contributed by atoms with Crippen LogP contribution in [-0.4, -0.2) is 29.8 Å². The summed E-state index contributed by atoms with van der Waals surface area (Å²) in [5.74, 6) is 1.66. The van der Waals surface area contributed by atoms with Crippen LogP contribution in [0.5, 0.6) is 0 Å². The highest BCUT2D eigenvalue weighted by molar-refractivity contribution is 6.37. The van der Waals surface area contributed by atoms with Gasteiger partial charge in [0.2, 0.25) is 0 Å². The Morgan fingerprint density at radius 3 is 2.37 bits per heavy atom. The van der Waals surface area contributed by atoms with Gasteiger partial charge in [-0.3, -0.25) is 0 Å². The van der Waals surface area contributed by atoms with Gasteiger partial charge in [-0.1, -0.05) is 36.5 Å². The zero-order valence-electron chi connectivity index (χ0n) is 11.3. The Bertz CT molecular complexity index is 402. The third kappa shape index (κ3) is 5.05. The van der Waals surface area contributed by atoms with E-state index in [1.807, 2.05) is 6.92 Å². The smallest absolute Gasteiger partial charge is 0.147 e. The largest absolute Gasteiger partial charge is 0.396 e.